The van der Waals surface area contributed by atoms with Crippen LogP contribution in [0.25, 0.3) is 11.3 Å². The van der Waals surface area contributed by atoms with Crippen LogP contribution < -0.4 is 0 Å². The summed E-state index contributed by atoms with van der Waals surface area (Å²) in [5.41, 5.74) is 1.40. The summed E-state index contributed by atoms with van der Waals surface area (Å²) in [6, 6.07) is 7.19. The molecular weight excluding hydrogens is 226 g/mol. The minimum absolute atomic E-state index is 0.109. The third-order valence-electron chi connectivity index (χ3n) is 1.99. The van der Waals surface area contributed by atoms with Gasteiger partial charge in [-0.05, 0) is 12.1 Å². The van der Waals surface area contributed by atoms with Crippen molar-refractivity contribution in [3.8, 4) is 11.3 Å². The van der Waals surface area contributed by atoms with Gasteiger partial charge in [-0.15, -0.1) is 5.10 Å². The molecule has 0 spiro atoms. The molecule has 0 bridgehead atoms. The highest BCUT2D eigenvalue weighted by molar-refractivity contribution is 6.30. The SMILES string of the molecule is CC(=O)c1nncc(-c2cccc(Cl)c2)n1. The maximum atomic E-state index is 11.1. The zero-order chi connectivity index (χ0) is 11.5. The summed E-state index contributed by atoms with van der Waals surface area (Å²) in [5, 5.41) is 7.99. The fourth-order valence-corrected chi connectivity index (χ4v) is 1.43. The van der Waals surface area contributed by atoms with Crippen molar-refractivity contribution in [3.05, 3.63) is 41.3 Å². The van der Waals surface area contributed by atoms with Crippen LogP contribution >= 0.6 is 11.6 Å². The molecule has 4 nitrogen and oxygen atoms in total. The van der Waals surface area contributed by atoms with E-state index in [1.54, 1.807) is 12.1 Å². The highest BCUT2D eigenvalue weighted by Gasteiger charge is 2.07. The van der Waals surface area contributed by atoms with Crippen molar-refractivity contribution in [2.75, 3.05) is 0 Å². The molecule has 2 rings (SSSR count). The van der Waals surface area contributed by atoms with Crippen LogP contribution in [0.5, 0.6) is 0 Å². The van der Waals surface area contributed by atoms with Crippen LogP contribution in [0.3, 0.4) is 0 Å². The molecule has 1 heterocycles. The number of carbonyl (C=O) groups excluding carboxylic acids is 1. The lowest BCUT2D eigenvalue weighted by molar-refractivity contribution is 0.100. The minimum atomic E-state index is -0.212. The van der Waals surface area contributed by atoms with E-state index < -0.39 is 0 Å². The smallest absolute Gasteiger partial charge is 0.218 e. The van der Waals surface area contributed by atoms with Crippen LogP contribution in [0.4, 0.5) is 0 Å². The lowest BCUT2D eigenvalue weighted by Gasteiger charge is -2.01. The molecule has 0 fully saturated rings. The first kappa shape index (κ1) is 10.7. The minimum Gasteiger partial charge on any atom is -0.291 e. The molecular formula is C11H8ClN3O. The van der Waals surface area contributed by atoms with Crippen LogP contribution in [0.2, 0.25) is 5.02 Å². The lowest BCUT2D eigenvalue weighted by atomic mass is 10.2. The van der Waals surface area contributed by atoms with E-state index in [9.17, 15) is 4.79 Å². The predicted octanol–water partition coefficient (Wildman–Crippen LogP) is 2.39. The molecule has 0 aliphatic carbocycles. The maximum Gasteiger partial charge on any atom is 0.218 e. The Bertz CT molecular complexity index is 542. The highest BCUT2D eigenvalue weighted by atomic mass is 35.5. The molecule has 80 valence electrons. The van der Waals surface area contributed by atoms with Crippen molar-refractivity contribution in [2.24, 2.45) is 0 Å². The van der Waals surface area contributed by atoms with E-state index in [0.29, 0.717) is 10.7 Å². The number of nitrogens with zero attached hydrogens (tertiary/aromatic N) is 3. The van der Waals surface area contributed by atoms with E-state index >= 15 is 0 Å². The molecule has 0 aliphatic heterocycles. The third-order valence-corrected chi connectivity index (χ3v) is 2.23. The number of benzene rings is 1. The zero-order valence-electron chi connectivity index (χ0n) is 8.51. The molecule has 2 aromatic rings. The van der Waals surface area contributed by atoms with Gasteiger partial charge in [0.15, 0.2) is 5.78 Å². The van der Waals surface area contributed by atoms with Gasteiger partial charge in [0.05, 0.1) is 11.9 Å². The molecule has 16 heavy (non-hydrogen) atoms. The molecule has 5 heteroatoms. The summed E-state index contributed by atoms with van der Waals surface area (Å²) in [6.45, 7) is 1.40. The molecule has 0 N–H and O–H groups in total. The lowest BCUT2D eigenvalue weighted by Crippen LogP contribution is -2.03. The number of carbonyl (C=O) groups is 1. The molecule has 0 amide bonds. The molecule has 0 unspecified atom stereocenters. The number of rotatable bonds is 2. The molecule has 0 saturated carbocycles. The number of hydrogen-bond donors (Lipinski definition) is 0. The van der Waals surface area contributed by atoms with Crippen molar-refractivity contribution in [1.82, 2.24) is 15.2 Å². The Hall–Kier alpha value is -1.81. The number of halogens is 1. The molecule has 1 aromatic carbocycles. The van der Waals surface area contributed by atoms with E-state index in [0.717, 1.165) is 5.56 Å². The maximum absolute atomic E-state index is 11.1. The summed E-state index contributed by atoms with van der Waals surface area (Å²) in [6.07, 6.45) is 1.50. The normalized spacial score (nSPS) is 10.1. The van der Waals surface area contributed by atoms with Gasteiger partial charge in [-0.2, -0.15) is 5.10 Å². The molecule has 0 aliphatic rings. The number of ketones is 1. The standard InChI is InChI=1S/C11H8ClN3O/c1-7(16)11-14-10(6-13-15-11)8-3-2-4-9(12)5-8/h2-6H,1H3. The fourth-order valence-electron chi connectivity index (χ4n) is 1.24. The van der Waals surface area contributed by atoms with Crippen molar-refractivity contribution in [3.63, 3.8) is 0 Å². The molecule has 0 atom stereocenters. The van der Waals surface area contributed by atoms with E-state index in [1.165, 1.54) is 13.1 Å². The van der Waals surface area contributed by atoms with Gasteiger partial charge in [0.2, 0.25) is 5.82 Å². The Kier molecular flexibility index (Phi) is 2.92. The Morgan fingerprint density at radius 1 is 1.38 bits per heavy atom. The quantitative estimate of drug-likeness (QED) is 0.748. The molecule has 0 saturated heterocycles. The third kappa shape index (κ3) is 2.23. The summed E-state index contributed by atoms with van der Waals surface area (Å²) < 4.78 is 0. The van der Waals surface area contributed by atoms with Crippen LogP contribution in [0.15, 0.2) is 30.5 Å². The van der Waals surface area contributed by atoms with E-state index in [-0.39, 0.29) is 11.6 Å². The van der Waals surface area contributed by atoms with Crippen LogP contribution in [0.1, 0.15) is 17.5 Å². The van der Waals surface area contributed by atoms with E-state index in [2.05, 4.69) is 15.2 Å². The second-order valence-corrected chi connectivity index (χ2v) is 3.67. The van der Waals surface area contributed by atoms with Gasteiger partial charge in [-0.1, -0.05) is 23.7 Å². The topological polar surface area (TPSA) is 55.7 Å². The highest BCUT2D eigenvalue weighted by Crippen LogP contribution is 2.19. The second-order valence-electron chi connectivity index (χ2n) is 3.23. The first-order valence-electron chi connectivity index (χ1n) is 4.63. The zero-order valence-corrected chi connectivity index (χ0v) is 9.27. The molecule has 1 aromatic heterocycles. The second kappa shape index (κ2) is 4.37. The van der Waals surface area contributed by atoms with Gasteiger partial charge in [0.1, 0.15) is 0 Å². The number of Topliss-reactive ketones (excluding diaryl/α,β-unsaturated/α-hetero) is 1. The summed E-state index contributed by atoms with van der Waals surface area (Å²) >= 11 is 5.87. The Morgan fingerprint density at radius 3 is 2.88 bits per heavy atom. The number of aromatic nitrogens is 3. The van der Waals surface area contributed by atoms with Crippen molar-refractivity contribution in [2.45, 2.75) is 6.92 Å². The van der Waals surface area contributed by atoms with E-state index in [4.69, 9.17) is 11.6 Å². The van der Waals surface area contributed by atoms with E-state index in [1.807, 2.05) is 12.1 Å². The van der Waals surface area contributed by atoms with Crippen molar-refractivity contribution >= 4 is 17.4 Å². The number of hydrogen-bond acceptors (Lipinski definition) is 4. The first-order chi connectivity index (χ1) is 7.66. The first-order valence-corrected chi connectivity index (χ1v) is 5.01. The average molecular weight is 234 g/mol. The summed E-state index contributed by atoms with van der Waals surface area (Å²) in [7, 11) is 0. The predicted molar refractivity (Wildman–Crippen MR) is 60.3 cm³/mol. The van der Waals surface area contributed by atoms with Gasteiger partial charge in [0.25, 0.3) is 0 Å². The van der Waals surface area contributed by atoms with Crippen LogP contribution in [-0.2, 0) is 0 Å². The molecule has 0 radical (unpaired) electrons. The summed E-state index contributed by atoms with van der Waals surface area (Å²) in [5.74, 6) is -0.103. The summed E-state index contributed by atoms with van der Waals surface area (Å²) in [4.78, 5) is 15.2. The van der Waals surface area contributed by atoms with Gasteiger partial charge < -0.3 is 0 Å². The van der Waals surface area contributed by atoms with Gasteiger partial charge in [-0.3, -0.25) is 4.79 Å². The Balaban J connectivity index is 2.48. The van der Waals surface area contributed by atoms with Gasteiger partial charge in [-0.25, -0.2) is 4.98 Å². The fraction of sp³-hybridized carbons (Fsp3) is 0.0909. The van der Waals surface area contributed by atoms with Crippen molar-refractivity contribution < 1.29 is 4.79 Å². The van der Waals surface area contributed by atoms with Gasteiger partial charge in [0, 0.05) is 17.5 Å². The van der Waals surface area contributed by atoms with Crippen LogP contribution in [0, 0.1) is 0 Å². The van der Waals surface area contributed by atoms with Gasteiger partial charge >= 0.3 is 0 Å². The Labute approximate surface area is 97.3 Å². The Morgan fingerprint density at radius 2 is 2.19 bits per heavy atom. The largest absolute Gasteiger partial charge is 0.291 e. The average Bonchev–Trinajstić information content (AvgIpc) is 2.29. The van der Waals surface area contributed by atoms with Crippen molar-refractivity contribution in [1.29, 1.82) is 0 Å². The van der Waals surface area contributed by atoms with Crippen LogP contribution in [-0.4, -0.2) is 21.0 Å². The monoisotopic (exact) mass is 233 g/mol.